The molecule has 2 heterocycles. The van der Waals surface area contributed by atoms with Gasteiger partial charge in [0.05, 0.1) is 25.2 Å². The van der Waals surface area contributed by atoms with Crippen molar-refractivity contribution in [3.63, 3.8) is 0 Å². The number of carboxylic acid groups (broad SMARTS) is 2. The first-order valence-electron chi connectivity index (χ1n) is 9.20. The van der Waals surface area contributed by atoms with Crippen LogP contribution >= 0.6 is 23.2 Å². The van der Waals surface area contributed by atoms with Crippen LogP contribution in [0.2, 0.25) is 10.6 Å². The van der Waals surface area contributed by atoms with Gasteiger partial charge in [0.1, 0.15) is 13.2 Å². The Morgan fingerprint density at radius 3 is 1.49 bits per heavy atom. The molecule has 2 rings (SSSR count). The van der Waals surface area contributed by atoms with Crippen molar-refractivity contribution >= 4 is 47.0 Å². The molecule has 15 nitrogen and oxygen atoms in total. The predicted molar refractivity (Wildman–Crippen MR) is 108 cm³/mol. The van der Waals surface area contributed by atoms with Crippen LogP contribution in [0.4, 0.5) is 11.9 Å². The molecule has 35 heavy (non-hydrogen) atoms. The minimum atomic E-state index is -1.44. The van der Waals surface area contributed by atoms with Crippen molar-refractivity contribution in [3.8, 4) is 12.0 Å². The third-order valence-corrected chi connectivity index (χ3v) is 3.64. The number of nitrogens with one attached hydrogen (secondary N) is 2. The molecule has 2 atom stereocenters. The second-order valence-electron chi connectivity index (χ2n) is 6.37. The summed E-state index contributed by atoms with van der Waals surface area (Å²) in [6.07, 6.45) is 0. The summed E-state index contributed by atoms with van der Waals surface area (Å²) >= 11 is 11.6. The van der Waals surface area contributed by atoms with E-state index in [9.17, 15) is 19.8 Å². The first kappa shape index (κ1) is 33.7. The molecule has 0 aliphatic heterocycles. The topological polar surface area (TPSA) is 209 Å². The molecular weight excluding hydrogens is 533 g/mol. The van der Waals surface area contributed by atoms with Gasteiger partial charge in [-0.1, -0.05) is 0 Å². The van der Waals surface area contributed by atoms with Crippen LogP contribution in [0.1, 0.15) is 13.8 Å². The second-order valence-corrected chi connectivity index (χ2v) is 7.05. The first-order chi connectivity index (χ1) is 15.6. The molecule has 0 aromatic carbocycles. The Morgan fingerprint density at radius 2 is 1.14 bits per heavy atom. The van der Waals surface area contributed by atoms with Crippen LogP contribution in [0.3, 0.4) is 0 Å². The van der Waals surface area contributed by atoms with Gasteiger partial charge in [0.15, 0.2) is 0 Å². The van der Waals surface area contributed by atoms with Gasteiger partial charge in [0.2, 0.25) is 22.5 Å². The summed E-state index contributed by atoms with van der Waals surface area (Å²) in [4.78, 5) is 43.8. The van der Waals surface area contributed by atoms with Gasteiger partial charge in [-0.15, -0.1) is 0 Å². The van der Waals surface area contributed by atoms with E-state index in [1.807, 2.05) is 0 Å². The zero-order valence-corrected chi connectivity index (χ0v) is 24.8. The third-order valence-electron chi connectivity index (χ3n) is 3.30. The van der Waals surface area contributed by atoms with Crippen molar-refractivity contribution in [1.29, 1.82) is 0 Å². The van der Waals surface area contributed by atoms with Crippen LogP contribution in [0.5, 0.6) is 12.0 Å². The van der Waals surface area contributed by atoms with Crippen molar-refractivity contribution in [1.82, 2.24) is 29.9 Å². The van der Waals surface area contributed by atoms with E-state index >= 15 is 0 Å². The standard InChI is InChI=1S/C16H20Cl2N8O7.2Na/c1-7(19-13-21-11(17)23-15(25-13)32-5-9(27)28)3-31-4-8(2)20-14-22-12(18)24-16(26-14)33-6-10(29)30;;/h7-8H,3-6H2,1-2H3,(H,27,28)(H,29,30)(H,19,21,23,25)(H,20,22,24,26);;/q;2*+1/p-2. The second kappa shape index (κ2) is 17.2. The molecular formula is C16H18Cl2N8Na2O7. The van der Waals surface area contributed by atoms with Crippen molar-refractivity contribution in [3.05, 3.63) is 10.6 Å². The Labute approximate surface area is 253 Å². The summed E-state index contributed by atoms with van der Waals surface area (Å²) in [7, 11) is 0. The van der Waals surface area contributed by atoms with Gasteiger partial charge < -0.3 is 44.6 Å². The molecule has 0 aliphatic rings. The zero-order chi connectivity index (χ0) is 24.4. The molecule has 19 heteroatoms. The molecule has 180 valence electrons. The zero-order valence-electron chi connectivity index (χ0n) is 19.3. The van der Waals surface area contributed by atoms with Gasteiger partial charge in [0, 0.05) is 12.1 Å². The number of carbonyl (C=O) groups is 2. The quantitative estimate of drug-likeness (QED) is 0.209. The van der Waals surface area contributed by atoms with Crippen LogP contribution < -0.4 is 89.4 Å². The fraction of sp³-hybridized carbons (Fsp3) is 0.500. The van der Waals surface area contributed by atoms with E-state index in [1.165, 1.54) is 0 Å². The van der Waals surface area contributed by atoms with Crippen LogP contribution in [0.25, 0.3) is 0 Å². The van der Waals surface area contributed by atoms with Crippen molar-refractivity contribution in [2.24, 2.45) is 0 Å². The van der Waals surface area contributed by atoms with Crippen LogP contribution in [0, 0.1) is 0 Å². The fourth-order valence-electron chi connectivity index (χ4n) is 2.11. The molecule has 0 amide bonds. The van der Waals surface area contributed by atoms with Crippen molar-refractivity contribution in [2.75, 3.05) is 37.1 Å². The number of carboxylic acids is 2. The number of aromatic nitrogens is 6. The van der Waals surface area contributed by atoms with E-state index in [-0.39, 0.29) is 119 Å². The van der Waals surface area contributed by atoms with Crippen LogP contribution in [0.15, 0.2) is 0 Å². The SMILES string of the molecule is CC(COCC(C)Nc1nc(Cl)nc(OCC(=O)[O-])n1)Nc1nc(Cl)nc(OCC(=O)[O-])n1.[Na+].[Na+]. The number of hydrogen-bond donors (Lipinski definition) is 2. The molecule has 2 unspecified atom stereocenters. The maximum atomic E-state index is 10.5. The smallest absolute Gasteiger partial charge is 0.546 e. The average Bonchev–Trinajstić information content (AvgIpc) is 2.70. The van der Waals surface area contributed by atoms with Gasteiger partial charge in [0.25, 0.3) is 0 Å². The summed E-state index contributed by atoms with van der Waals surface area (Å²) < 4.78 is 15.3. The number of rotatable bonds is 14. The van der Waals surface area contributed by atoms with Gasteiger partial charge in [-0.05, 0) is 37.0 Å². The van der Waals surface area contributed by atoms with Crippen molar-refractivity contribution < 1.29 is 93.1 Å². The Morgan fingerprint density at radius 1 is 0.771 bits per heavy atom. The molecule has 0 saturated carbocycles. The Balaban J connectivity index is 0.00000578. The number of anilines is 2. The maximum absolute atomic E-state index is 10.5. The van der Waals surface area contributed by atoms with Gasteiger partial charge in [-0.2, -0.15) is 29.9 Å². The third kappa shape index (κ3) is 14.1. The number of nitrogens with zero attached hydrogens (tertiary/aromatic N) is 6. The Kier molecular flexibility index (Phi) is 16.6. The number of ether oxygens (including phenoxy) is 3. The summed E-state index contributed by atoms with van der Waals surface area (Å²) in [5, 5.41) is 26.4. The summed E-state index contributed by atoms with van der Waals surface area (Å²) in [5.41, 5.74) is 0. The molecule has 0 bridgehead atoms. The predicted octanol–water partition coefficient (Wildman–Crippen LogP) is -8.05. The van der Waals surface area contributed by atoms with E-state index < -0.39 is 25.2 Å². The van der Waals surface area contributed by atoms with E-state index in [0.717, 1.165) is 0 Å². The molecule has 0 radical (unpaired) electrons. The largest absolute Gasteiger partial charge is 1.00 e. The molecule has 2 N–H and O–H groups in total. The number of halogens is 2. The van der Waals surface area contributed by atoms with Gasteiger partial charge in [-0.25, -0.2) is 0 Å². The minimum absolute atomic E-state index is 0. The number of hydrogen-bond acceptors (Lipinski definition) is 15. The van der Waals surface area contributed by atoms with Gasteiger partial charge in [-0.3, -0.25) is 0 Å². The molecule has 0 fully saturated rings. The maximum Gasteiger partial charge on any atom is 1.00 e. The molecule has 2 aromatic heterocycles. The summed E-state index contributed by atoms with van der Waals surface area (Å²) in [6, 6.07) is -1.10. The van der Waals surface area contributed by atoms with E-state index in [4.69, 9.17) is 37.4 Å². The van der Waals surface area contributed by atoms with E-state index in [1.54, 1.807) is 13.8 Å². The van der Waals surface area contributed by atoms with Crippen LogP contribution in [-0.2, 0) is 14.3 Å². The summed E-state index contributed by atoms with van der Waals surface area (Å²) in [6.45, 7) is 2.54. The molecule has 0 spiro atoms. The number of aliphatic carboxylic acids is 2. The van der Waals surface area contributed by atoms with Crippen LogP contribution in [-0.4, -0.2) is 80.4 Å². The normalized spacial score (nSPS) is 11.8. The summed E-state index contributed by atoms with van der Waals surface area (Å²) in [5.74, 6) is -2.75. The minimum Gasteiger partial charge on any atom is -0.546 e. The molecule has 2 aromatic rings. The molecule has 0 aliphatic carbocycles. The average molecular weight is 551 g/mol. The Bertz CT molecular complexity index is 906. The monoisotopic (exact) mass is 550 g/mol. The first-order valence-corrected chi connectivity index (χ1v) is 9.95. The van der Waals surface area contributed by atoms with Gasteiger partial charge >= 0.3 is 71.1 Å². The Hall–Kier alpha value is -1.30. The van der Waals surface area contributed by atoms with Crippen molar-refractivity contribution in [2.45, 2.75) is 25.9 Å². The van der Waals surface area contributed by atoms with E-state index in [2.05, 4.69) is 40.5 Å². The molecule has 0 saturated heterocycles. The fourth-order valence-corrected chi connectivity index (χ4v) is 2.42. The number of carbonyl (C=O) groups excluding carboxylic acids is 2. The van der Waals surface area contributed by atoms with E-state index in [0.29, 0.717) is 0 Å².